The summed E-state index contributed by atoms with van der Waals surface area (Å²) in [5.74, 6) is -1.10. The molecule has 0 aliphatic carbocycles. The van der Waals surface area contributed by atoms with E-state index in [1.165, 1.54) is 12.1 Å². The lowest BCUT2D eigenvalue weighted by atomic mass is 10.1. The molecule has 0 radical (unpaired) electrons. The van der Waals surface area contributed by atoms with Gasteiger partial charge in [-0.1, -0.05) is 17.7 Å². The number of ether oxygens (including phenoxy) is 1. The third-order valence-corrected chi connectivity index (χ3v) is 6.21. The smallest absolute Gasteiger partial charge is 0.338 e. The van der Waals surface area contributed by atoms with Crippen molar-refractivity contribution in [2.45, 2.75) is 33.6 Å². The second-order valence-corrected chi connectivity index (χ2v) is 8.61. The number of ketones is 1. The second-order valence-electron chi connectivity index (χ2n) is 8.61. The largest absolute Gasteiger partial charge is 0.454 e. The minimum Gasteiger partial charge on any atom is -0.454 e. The molecule has 0 spiro atoms. The lowest BCUT2D eigenvalue weighted by Gasteiger charge is -2.17. The summed E-state index contributed by atoms with van der Waals surface area (Å²) < 4.78 is 7.22. The molecule has 1 aromatic heterocycles. The maximum Gasteiger partial charge on any atom is 0.338 e. The molecule has 1 saturated heterocycles. The predicted octanol–water partition coefficient (Wildman–Crippen LogP) is 4.95. The van der Waals surface area contributed by atoms with Crippen LogP contribution in [0.2, 0.25) is 0 Å². The van der Waals surface area contributed by atoms with Crippen LogP contribution in [0.3, 0.4) is 0 Å². The number of hydrogen-bond acceptors (Lipinski definition) is 6. The summed E-state index contributed by atoms with van der Waals surface area (Å²) in [6, 6.07) is 14.1. The van der Waals surface area contributed by atoms with Gasteiger partial charge in [-0.3, -0.25) is 14.9 Å². The van der Waals surface area contributed by atoms with E-state index < -0.39 is 17.5 Å². The van der Waals surface area contributed by atoms with E-state index in [1.54, 1.807) is 12.1 Å². The fourth-order valence-electron chi connectivity index (χ4n) is 4.45. The van der Waals surface area contributed by atoms with Crippen molar-refractivity contribution >= 4 is 23.1 Å². The van der Waals surface area contributed by atoms with Crippen LogP contribution in [-0.4, -0.2) is 40.9 Å². The van der Waals surface area contributed by atoms with Crippen LogP contribution in [-0.2, 0) is 4.74 Å². The molecule has 0 saturated carbocycles. The summed E-state index contributed by atoms with van der Waals surface area (Å²) in [5.41, 5.74) is 4.62. The first-order valence-corrected chi connectivity index (χ1v) is 11.3. The Labute approximate surface area is 197 Å². The molecule has 0 unspecified atom stereocenters. The van der Waals surface area contributed by atoms with Crippen molar-refractivity contribution in [2.75, 3.05) is 24.6 Å². The number of nitrogens with zero attached hydrogens (tertiary/aromatic N) is 3. The van der Waals surface area contributed by atoms with Gasteiger partial charge in [0.05, 0.1) is 10.5 Å². The van der Waals surface area contributed by atoms with Gasteiger partial charge < -0.3 is 14.2 Å². The van der Waals surface area contributed by atoms with Gasteiger partial charge in [0.25, 0.3) is 5.69 Å². The SMILES string of the molecule is Cc1ccc(-n2c(C)cc(C(=O)COC(=O)c3ccc(N4CCCC4)c([N+](=O)[O-])c3)c2C)cc1. The number of nitro benzene ring substituents is 1. The molecule has 0 bridgehead atoms. The molecule has 8 nitrogen and oxygen atoms in total. The monoisotopic (exact) mass is 461 g/mol. The zero-order valence-corrected chi connectivity index (χ0v) is 19.5. The Balaban J connectivity index is 1.49. The highest BCUT2D eigenvalue weighted by atomic mass is 16.6. The molecule has 4 rings (SSSR count). The second kappa shape index (κ2) is 9.51. The summed E-state index contributed by atoms with van der Waals surface area (Å²) in [6.07, 6.45) is 1.96. The van der Waals surface area contributed by atoms with Crippen LogP contribution in [0, 0.1) is 30.9 Å². The third kappa shape index (κ3) is 4.57. The normalized spacial score (nSPS) is 13.2. The van der Waals surface area contributed by atoms with E-state index in [4.69, 9.17) is 4.74 Å². The first kappa shape index (κ1) is 23.2. The zero-order chi connectivity index (χ0) is 24.4. The van der Waals surface area contributed by atoms with Crippen LogP contribution in [0.5, 0.6) is 0 Å². The van der Waals surface area contributed by atoms with Crippen LogP contribution < -0.4 is 4.90 Å². The lowest BCUT2D eigenvalue weighted by molar-refractivity contribution is -0.384. The van der Waals surface area contributed by atoms with Gasteiger partial charge in [-0.15, -0.1) is 0 Å². The first-order valence-electron chi connectivity index (χ1n) is 11.3. The Kier molecular flexibility index (Phi) is 6.49. The first-order chi connectivity index (χ1) is 16.3. The van der Waals surface area contributed by atoms with E-state index in [0.717, 1.165) is 48.6 Å². The number of esters is 1. The van der Waals surface area contributed by atoms with Crippen LogP contribution in [0.25, 0.3) is 5.69 Å². The molecule has 0 atom stereocenters. The summed E-state index contributed by atoms with van der Waals surface area (Å²) in [6.45, 7) is 6.83. The molecule has 34 heavy (non-hydrogen) atoms. The average Bonchev–Trinajstić information content (AvgIpc) is 3.46. The van der Waals surface area contributed by atoms with Gasteiger partial charge in [0, 0.05) is 41.8 Å². The summed E-state index contributed by atoms with van der Waals surface area (Å²) in [7, 11) is 0. The van der Waals surface area contributed by atoms with Crippen LogP contribution >= 0.6 is 0 Å². The molecule has 2 aromatic carbocycles. The van der Waals surface area contributed by atoms with Gasteiger partial charge in [-0.2, -0.15) is 0 Å². The van der Waals surface area contributed by atoms with E-state index in [0.29, 0.717) is 11.3 Å². The fraction of sp³-hybridized carbons (Fsp3) is 0.308. The van der Waals surface area contributed by atoms with E-state index in [-0.39, 0.29) is 17.0 Å². The molecule has 1 aliphatic rings. The number of Topliss-reactive ketones (excluding diaryl/α,β-unsaturated/α-hetero) is 1. The molecular weight excluding hydrogens is 434 g/mol. The summed E-state index contributed by atoms with van der Waals surface area (Å²) >= 11 is 0. The van der Waals surface area contributed by atoms with E-state index in [9.17, 15) is 19.7 Å². The van der Waals surface area contributed by atoms with Gasteiger partial charge in [0.1, 0.15) is 5.69 Å². The molecule has 1 aliphatic heterocycles. The van der Waals surface area contributed by atoms with Crippen molar-refractivity contribution < 1.29 is 19.2 Å². The van der Waals surface area contributed by atoms with Crippen LogP contribution in [0.1, 0.15) is 50.5 Å². The highest BCUT2D eigenvalue weighted by Gasteiger charge is 2.25. The van der Waals surface area contributed by atoms with E-state index in [2.05, 4.69) is 0 Å². The van der Waals surface area contributed by atoms with Crippen molar-refractivity contribution in [1.82, 2.24) is 4.57 Å². The summed E-state index contributed by atoms with van der Waals surface area (Å²) in [5, 5.41) is 11.6. The fourth-order valence-corrected chi connectivity index (χ4v) is 4.45. The molecule has 8 heteroatoms. The Morgan fingerprint density at radius 3 is 2.32 bits per heavy atom. The molecule has 3 aromatic rings. The molecule has 1 fully saturated rings. The number of anilines is 1. The highest BCUT2D eigenvalue weighted by Crippen LogP contribution is 2.32. The van der Waals surface area contributed by atoms with Gasteiger partial charge in [0.2, 0.25) is 5.78 Å². The quantitative estimate of drug-likeness (QED) is 0.214. The number of aryl methyl sites for hydroxylation is 2. The van der Waals surface area contributed by atoms with Gasteiger partial charge in [-0.05, 0) is 63.9 Å². The Morgan fingerprint density at radius 1 is 1.00 bits per heavy atom. The minimum absolute atomic E-state index is 0.0487. The zero-order valence-electron chi connectivity index (χ0n) is 19.5. The van der Waals surface area contributed by atoms with Crippen molar-refractivity contribution in [1.29, 1.82) is 0 Å². The lowest BCUT2D eigenvalue weighted by Crippen LogP contribution is -2.19. The van der Waals surface area contributed by atoms with Crippen molar-refractivity contribution in [3.63, 3.8) is 0 Å². The number of carbonyl (C=O) groups excluding carboxylic acids is 2. The third-order valence-electron chi connectivity index (χ3n) is 6.21. The highest BCUT2D eigenvalue weighted by molar-refractivity contribution is 6.00. The topological polar surface area (TPSA) is 94.7 Å². The minimum atomic E-state index is -0.767. The van der Waals surface area contributed by atoms with Crippen molar-refractivity contribution in [3.05, 3.63) is 86.7 Å². The van der Waals surface area contributed by atoms with E-state index >= 15 is 0 Å². The van der Waals surface area contributed by atoms with Crippen LogP contribution in [0.15, 0.2) is 48.5 Å². The van der Waals surface area contributed by atoms with Crippen molar-refractivity contribution in [2.24, 2.45) is 0 Å². The number of benzene rings is 2. The Morgan fingerprint density at radius 2 is 1.68 bits per heavy atom. The maximum absolute atomic E-state index is 12.9. The predicted molar refractivity (Wildman–Crippen MR) is 129 cm³/mol. The number of carbonyl (C=O) groups is 2. The number of rotatable bonds is 7. The van der Waals surface area contributed by atoms with Crippen molar-refractivity contribution in [3.8, 4) is 5.69 Å². The van der Waals surface area contributed by atoms with E-state index in [1.807, 2.05) is 54.5 Å². The Bertz CT molecular complexity index is 1250. The number of nitro groups is 1. The van der Waals surface area contributed by atoms with Gasteiger partial charge in [-0.25, -0.2) is 4.79 Å². The van der Waals surface area contributed by atoms with Gasteiger partial charge in [0.15, 0.2) is 6.61 Å². The molecule has 0 N–H and O–H groups in total. The van der Waals surface area contributed by atoms with Crippen LogP contribution in [0.4, 0.5) is 11.4 Å². The standard InChI is InChI=1S/C26H27N3O5/c1-17-6-9-21(10-7-17)28-18(2)14-22(19(28)3)25(30)16-34-26(31)20-8-11-23(24(15-20)29(32)33)27-12-4-5-13-27/h6-11,14-15H,4-5,12-13,16H2,1-3H3. The molecular formula is C26H27N3O5. The van der Waals surface area contributed by atoms with Gasteiger partial charge >= 0.3 is 5.97 Å². The number of hydrogen-bond donors (Lipinski definition) is 0. The average molecular weight is 462 g/mol. The Hall–Kier alpha value is -3.94. The molecule has 176 valence electrons. The summed E-state index contributed by atoms with van der Waals surface area (Å²) in [4.78, 5) is 38.5. The maximum atomic E-state index is 12.9. The molecule has 0 amide bonds. The molecule has 2 heterocycles. The number of aromatic nitrogens is 1.